The fourth-order valence-corrected chi connectivity index (χ4v) is 3.28. The maximum Gasteiger partial charge on any atom is 0.262 e. The molecular formula is C16H14N2O2S. The summed E-state index contributed by atoms with van der Waals surface area (Å²) in [6.07, 6.45) is 0. The van der Waals surface area contributed by atoms with E-state index in [0.29, 0.717) is 22.7 Å². The lowest BCUT2D eigenvalue weighted by atomic mass is 10.1. The van der Waals surface area contributed by atoms with Gasteiger partial charge in [-0.1, -0.05) is 12.1 Å². The fourth-order valence-electron chi connectivity index (χ4n) is 2.33. The molecule has 2 amide bonds. The number of fused-ring (bicyclic) bond motifs is 1. The molecule has 5 heteroatoms. The summed E-state index contributed by atoms with van der Waals surface area (Å²) in [4.78, 5) is 26.8. The highest BCUT2D eigenvalue weighted by Gasteiger charge is 2.34. The third-order valence-electron chi connectivity index (χ3n) is 3.43. The van der Waals surface area contributed by atoms with E-state index >= 15 is 0 Å². The summed E-state index contributed by atoms with van der Waals surface area (Å²) >= 11 is 1.46. The number of rotatable bonds is 3. The van der Waals surface area contributed by atoms with Crippen LogP contribution in [0.25, 0.3) is 0 Å². The van der Waals surface area contributed by atoms with Gasteiger partial charge in [-0.25, -0.2) is 0 Å². The zero-order chi connectivity index (χ0) is 15.0. The number of hydrogen-bond donors (Lipinski definition) is 1. The summed E-state index contributed by atoms with van der Waals surface area (Å²) in [5.41, 5.74) is 8.43. The number of nitrogens with zero attached hydrogens (tertiary/aromatic N) is 1. The molecule has 106 valence electrons. The maximum absolute atomic E-state index is 12.2. The van der Waals surface area contributed by atoms with Gasteiger partial charge in [0.25, 0.3) is 11.8 Å². The number of carbonyl (C=O) groups excluding carboxylic acids is 2. The molecular weight excluding hydrogens is 284 g/mol. The monoisotopic (exact) mass is 298 g/mol. The van der Waals surface area contributed by atoms with E-state index in [9.17, 15) is 9.59 Å². The van der Waals surface area contributed by atoms with Crippen molar-refractivity contribution < 1.29 is 9.59 Å². The molecule has 1 aliphatic rings. The minimum atomic E-state index is -0.226. The van der Waals surface area contributed by atoms with Crippen LogP contribution in [0.5, 0.6) is 0 Å². The molecule has 0 atom stereocenters. The predicted octanol–water partition coefficient (Wildman–Crippen LogP) is 2.92. The van der Waals surface area contributed by atoms with Crippen LogP contribution in [0.15, 0.2) is 47.4 Å². The molecule has 1 aliphatic heterocycles. The molecule has 2 N–H and O–H groups in total. The van der Waals surface area contributed by atoms with Gasteiger partial charge in [0, 0.05) is 10.6 Å². The van der Waals surface area contributed by atoms with Gasteiger partial charge in [0.15, 0.2) is 0 Å². The van der Waals surface area contributed by atoms with E-state index in [-0.39, 0.29) is 11.8 Å². The lowest BCUT2D eigenvalue weighted by Gasteiger charge is -2.14. The van der Waals surface area contributed by atoms with Crippen LogP contribution in [0, 0.1) is 6.92 Å². The number of aryl methyl sites for hydroxylation is 1. The highest BCUT2D eigenvalue weighted by Crippen LogP contribution is 2.29. The molecule has 3 rings (SSSR count). The molecule has 0 saturated heterocycles. The number of nitrogens with two attached hydrogens (primary N) is 1. The van der Waals surface area contributed by atoms with Crippen LogP contribution in [-0.2, 0) is 0 Å². The van der Waals surface area contributed by atoms with Gasteiger partial charge in [0.05, 0.1) is 17.0 Å². The third kappa shape index (κ3) is 2.40. The second kappa shape index (κ2) is 5.26. The Morgan fingerprint density at radius 1 is 1.05 bits per heavy atom. The number of imide groups is 1. The van der Waals surface area contributed by atoms with Crippen molar-refractivity contribution >= 4 is 29.3 Å². The van der Waals surface area contributed by atoms with Crippen LogP contribution in [0.4, 0.5) is 5.69 Å². The average molecular weight is 298 g/mol. The molecule has 2 aromatic carbocycles. The first-order chi connectivity index (χ1) is 10.1. The second-order valence-corrected chi connectivity index (χ2v) is 5.87. The van der Waals surface area contributed by atoms with Crippen molar-refractivity contribution in [2.75, 3.05) is 11.6 Å². The van der Waals surface area contributed by atoms with E-state index < -0.39 is 0 Å². The quantitative estimate of drug-likeness (QED) is 0.537. The highest BCUT2D eigenvalue weighted by atomic mass is 32.2. The van der Waals surface area contributed by atoms with Crippen LogP contribution in [0.1, 0.15) is 26.3 Å². The summed E-state index contributed by atoms with van der Waals surface area (Å²) in [6.45, 7) is 1.96. The number of amides is 2. The molecule has 0 saturated carbocycles. The molecule has 0 bridgehead atoms. The zero-order valence-corrected chi connectivity index (χ0v) is 12.3. The fraction of sp³-hybridized carbons (Fsp3) is 0.125. The number of carbonyl (C=O) groups is 2. The Labute approximate surface area is 126 Å². The first-order valence-electron chi connectivity index (χ1n) is 6.52. The Bertz CT molecular complexity index is 708. The predicted molar refractivity (Wildman–Crippen MR) is 83.3 cm³/mol. The Kier molecular flexibility index (Phi) is 3.43. The van der Waals surface area contributed by atoms with Crippen LogP contribution < -0.4 is 5.73 Å². The Morgan fingerprint density at radius 3 is 2.24 bits per heavy atom. The van der Waals surface area contributed by atoms with E-state index in [2.05, 4.69) is 0 Å². The van der Waals surface area contributed by atoms with Crippen molar-refractivity contribution in [3.8, 4) is 0 Å². The molecule has 0 radical (unpaired) electrons. The SMILES string of the molecule is Cc1cc(N)ccc1SCN1C(=O)c2ccccc2C1=O. The molecule has 0 unspecified atom stereocenters. The molecule has 2 aromatic rings. The Hall–Kier alpha value is -2.27. The summed E-state index contributed by atoms with van der Waals surface area (Å²) in [7, 11) is 0. The van der Waals surface area contributed by atoms with E-state index in [0.717, 1.165) is 10.5 Å². The molecule has 0 spiro atoms. The van der Waals surface area contributed by atoms with Gasteiger partial charge < -0.3 is 5.73 Å². The minimum absolute atomic E-state index is 0.226. The van der Waals surface area contributed by atoms with E-state index in [1.807, 2.05) is 25.1 Å². The summed E-state index contributed by atoms with van der Waals surface area (Å²) < 4.78 is 0. The number of benzene rings is 2. The van der Waals surface area contributed by atoms with E-state index in [1.165, 1.54) is 16.7 Å². The standard InChI is InChI=1S/C16H14N2O2S/c1-10-8-11(17)6-7-14(10)21-9-18-15(19)12-4-2-3-5-13(12)16(18)20/h2-8H,9,17H2,1H3. The lowest BCUT2D eigenvalue weighted by molar-refractivity contribution is 0.0684. The Balaban J connectivity index is 1.78. The van der Waals surface area contributed by atoms with E-state index in [1.54, 1.807) is 24.3 Å². The third-order valence-corrected chi connectivity index (χ3v) is 4.58. The van der Waals surface area contributed by atoms with Gasteiger partial charge in [-0.05, 0) is 42.8 Å². The van der Waals surface area contributed by atoms with Crippen molar-refractivity contribution in [2.24, 2.45) is 0 Å². The van der Waals surface area contributed by atoms with Crippen molar-refractivity contribution in [2.45, 2.75) is 11.8 Å². The molecule has 21 heavy (non-hydrogen) atoms. The summed E-state index contributed by atoms with van der Waals surface area (Å²) in [6, 6.07) is 12.5. The van der Waals surface area contributed by atoms with Gasteiger partial charge in [0.1, 0.15) is 0 Å². The average Bonchev–Trinajstić information content (AvgIpc) is 2.71. The molecule has 0 fully saturated rings. The van der Waals surface area contributed by atoms with Gasteiger partial charge in [-0.2, -0.15) is 0 Å². The summed E-state index contributed by atoms with van der Waals surface area (Å²) in [5.74, 6) is -0.149. The van der Waals surface area contributed by atoms with Crippen LogP contribution in [-0.4, -0.2) is 22.6 Å². The van der Waals surface area contributed by atoms with Gasteiger partial charge in [-0.15, -0.1) is 11.8 Å². The zero-order valence-electron chi connectivity index (χ0n) is 11.5. The lowest BCUT2D eigenvalue weighted by Crippen LogP contribution is -2.29. The number of nitrogen functional groups attached to an aromatic ring is 1. The molecule has 0 aromatic heterocycles. The van der Waals surface area contributed by atoms with Crippen molar-refractivity contribution in [3.63, 3.8) is 0 Å². The van der Waals surface area contributed by atoms with Crippen LogP contribution in [0.3, 0.4) is 0 Å². The number of anilines is 1. The van der Waals surface area contributed by atoms with Gasteiger partial charge in [-0.3, -0.25) is 14.5 Å². The molecule has 4 nitrogen and oxygen atoms in total. The molecule has 1 heterocycles. The first-order valence-corrected chi connectivity index (χ1v) is 7.50. The van der Waals surface area contributed by atoms with Crippen molar-refractivity contribution in [1.82, 2.24) is 4.90 Å². The number of hydrogen-bond acceptors (Lipinski definition) is 4. The summed E-state index contributed by atoms with van der Waals surface area (Å²) in [5, 5.41) is 0. The van der Waals surface area contributed by atoms with Crippen LogP contribution in [0.2, 0.25) is 0 Å². The maximum atomic E-state index is 12.2. The Morgan fingerprint density at radius 2 is 1.67 bits per heavy atom. The number of thioether (sulfide) groups is 1. The first kappa shape index (κ1) is 13.7. The van der Waals surface area contributed by atoms with Gasteiger partial charge >= 0.3 is 0 Å². The van der Waals surface area contributed by atoms with Crippen LogP contribution >= 0.6 is 11.8 Å². The highest BCUT2D eigenvalue weighted by molar-refractivity contribution is 7.99. The van der Waals surface area contributed by atoms with Gasteiger partial charge in [0.2, 0.25) is 0 Å². The largest absolute Gasteiger partial charge is 0.399 e. The van der Waals surface area contributed by atoms with Crippen molar-refractivity contribution in [3.05, 3.63) is 59.2 Å². The second-order valence-electron chi connectivity index (χ2n) is 4.88. The topological polar surface area (TPSA) is 63.4 Å². The van der Waals surface area contributed by atoms with Crippen molar-refractivity contribution in [1.29, 1.82) is 0 Å². The van der Waals surface area contributed by atoms with E-state index in [4.69, 9.17) is 5.73 Å². The molecule has 0 aliphatic carbocycles. The smallest absolute Gasteiger partial charge is 0.262 e. The normalized spacial score (nSPS) is 13.7. The minimum Gasteiger partial charge on any atom is -0.399 e.